The van der Waals surface area contributed by atoms with Gasteiger partial charge in [-0.15, -0.1) is 0 Å². The second kappa shape index (κ2) is 9.73. The molecule has 0 aromatic heterocycles. The van der Waals surface area contributed by atoms with Gasteiger partial charge in [-0.3, -0.25) is 14.9 Å². The lowest BCUT2D eigenvalue weighted by atomic mass is 10.1. The first-order chi connectivity index (χ1) is 14.4. The molecule has 2 aliphatic heterocycles. The molecular weight excluding hydrogens is 398 g/mol. The number of piperidine rings is 1. The minimum atomic E-state index is -0.801. The molecule has 2 N–H and O–H groups in total. The second-order valence-corrected chi connectivity index (χ2v) is 7.37. The number of hydrogen-bond donors (Lipinski definition) is 2. The number of ether oxygens (including phenoxy) is 1. The highest BCUT2D eigenvalue weighted by atomic mass is 19.1. The minimum Gasteiger partial charge on any atom is -0.449 e. The van der Waals surface area contributed by atoms with Crippen molar-refractivity contribution in [1.82, 2.24) is 10.2 Å². The topological polar surface area (TPSA) is 91.0 Å². The molecule has 3 amide bonds. The molecule has 0 radical (unpaired) electrons. The summed E-state index contributed by atoms with van der Waals surface area (Å²) in [6.45, 7) is 3.77. The van der Waals surface area contributed by atoms with Gasteiger partial charge in [0.2, 0.25) is 11.8 Å². The largest absolute Gasteiger partial charge is 0.449 e. The van der Waals surface area contributed by atoms with Gasteiger partial charge in [0.15, 0.2) is 0 Å². The molecule has 2 saturated heterocycles. The first-order valence-electron chi connectivity index (χ1n) is 10.1. The molecule has 0 spiro atoms. The third-order valence-electron chi connectivity index (χ3n) is 5.21. The second-order valence-electron chi connectivity index (χ2n) is 7.37. The third kappa shape index (κ3) is 5.17. The average Bonchev–Trinajstić information content (AvgIpc) is 2.72. The van der Waals surface area contributed by atoms with E-state index in [-0.39, 0.29) is 30.1 Å². The number of anilines is 2. The molecule has 0 aliphatic carbocycles. The Labute approximate surface area is 173 Å². The number of imide groups is 1. The van der Waals surface area contributed by atoms with Crippen LogP contribution in [0.5, 0.6) is 0 Å². The number of nitrogens with one attached hydrogen (secondary N) is 2. The monoisotopic (exact) mass is 424 g/mol. The Morgan fingerprint density at radius 1 is 1.20 bits per heavy atom. The molecule has 164 valence electrons. The van der Waals surface area contributed by atoms with E-state index in [1.54, 1.807) is 9.80 Å². The molecule has 2 heterocycles. The van der Waals surface area contributed by atoms with Crippen molar-refractivity contribution in [3.8, 4) is 0 Å². The van der Waals surface area contributed by atoms with Crippen molar-refractivity contribution in [2.24, 2.45) is 0 Å². The lowest BCUT2D eigenvalue weighted by molar-refractivity contribution is -0.133. The molecule has 1 unspecified atom stereocenters. The maximum Gasteiger partial charge on any atom is 0.409 e. The molecule has 2 aliphatic rings. The van der Waals surface area contributed by atoms with Crippen LogP contribution in [0.2, 0.25) is 0 Å². The van der Waals surface area contributed by atoms with Crippen LogP contribution in [0.1, 0.15) is 32.6 Å². The average molecular weight is 424 g/mol. The Bertz CT molecular complexity index is 812. The van der Waals surface area contributed by atoms with Crippen LogP contribution in [0.4, 0.5) is 25.0 Å². The van der Waals surface area contributed by atoms with Crippen molar-refractivity contribution in [2.45, 2.75) is 38.6 Å². The quantitative estimate of drug-likeness (QED) is 0.538. The van der Waals surface area contributed by atoms with E-state index >= 15 is 0 Å². The molecule has 30 heavy (non-hydrogen) atoms. The molecule has 10 heteroatoms. The smallest absolute Gasteiger partial charge is 0.409 e. The van der Waals surface area contributed by atoms with E-state index in [2.05, 4.69) is 10.6 Å². The highest BCUT2D eigenvalue weighted by molar-refractivity contribution is 6.01. The van der Waals surface area contributed by atoms with Crippen molar-refractivity contribution in [2.75, 3.05) is 43.0 Å². The summed E-state index contributed by atoms with van der Waals surface area (Å²) >= 11 is 0. The summed E-state index contributed by atoms with van der Waals surface area (Å²) in [5, 5.41) is 4.84. The fourth-order valence-corrected chi connectivity index (χ4v) is 3.43. The van der Waals surface area contributed by atoms with Gasteiger partial charge in [0, 0.05) is 44.7 Å². The van der Waals surface area contributed by atoms with E-state index in [0.29, 0.717) is 32.8 Å². The van der Waals surface area contributed by atoms with Gasteiger partial charge >= 0.3 is 6.09 Å². The Hall–Kier alpha value is -2.91. The molecule has 3 rings (SSSR count). The predicted octanol–water partition coefficient (Wildman–Crippen LogP) is 2.24. The maximum atomic E-state index is 14.7. The summed E-state index contributed by atoms with van der Waals surface area (Å²) in [4.78, 5) is 38.3. The number of hydrogen-bond acceptors (Lipinski definition) is 6. The zero-order chi connectivity index (χ0) is 21.7. The fraction of sp³-hybridized carbons (Fsp3) is 0.550. The lowest BCUT2D eigenvalue weighted by Gasteiger charge is -2.35. The zero-order valence-electron chi connectivity index (χ0n) is 16.9. The van der Waals surface area contributed by atoms with Crippen LogP contribution in [0.25, 0.3) is 0 Å². The fourth-order valence-electron chi connectivity index (χ4n) is 3.43. The summed E-state index contributed by atoms with van der Waals surface area (Å²) < 4.78 is 34.4. The number of nitrogens with zero attached hydrogens (tertiary/aromatic N) is 2. The summed E-state index contributed by atoms with van der Waals surface area (Å²) in [6.07, 6.45) is 1.69. The number of amides is 3. The summed E-state index contributed by atoms with van der Waals surface area (Å²) in [5.74, 6) is -2.27. The van der Waals surface area contributed by atoms with Gasteiger partial charge in [-0.1, -0.05) is 13.3 Å². The molecule has 1 aromatic rings. The first-order valence-corrected chi connectivity index (χ1v) is 10.1. The van der Waals surface area contributed by atoms with Gasteiger partial charge in [0.05, 0.1) is 18.0 Å². The Morgan fingerprint density at radius 2 is 1.93 bits per heavy atom. The zero-order valence-corrected chi connectivity index (χ0v) is 16.9. The van der Waals surface area contributed by atoms with Crippen molar-refractivity contribution in [3.63, 3.8) is 0 Å². The Kier molecular flexibility index (Phi) is 7.07. The van der Waals surface area contributed by atoms with E-state index < -0.39 is 29.7 Å². The van der Waals surface area contributed by atoms with E-state index in [9.17, 15) is 23.2 Å². The molecular formula is C20H26F2N4O4. The van der Waals surface area contributed by atoms with Crippen LogP contribution in [0, 0.1) is 11.6 Å². The van der Waals surface area contributed by atoms with Crippen LogP contribution < -0.4 is 15.5 Å². The third-order valence-corrected chi connectivity index (χ3v) is 5.21. The normalized spacial score (nSPS) is 19.5. The van der Waals surface area contributed by atoms with Gasteiger partial charge < -0.3 is 19.9 Å². The van der Waals surface area contributed by atoms with Crippen molar-refractivity contribution >= 4 is 29.3 Å². The lowest BCUT2D eigenvalue weighted by Crippen LogP contribution is -2.49. The summed E-state index contributed by atoms with van der Waals surface area (Å²) in [6, 6.07) is 1.29. The number of piperazine rings is 1. The summed E-state index contributed by atoms with van der Waals surface area (Å²) in [7, 11) is 0. The highest BCUT2D eigenvalue weighted by Gasteiger charge is 2.28. The van der Waals surface area contributed by atoms with E-state index in [1.807, 2.05) is 6.92 Å². The van der Waals surface area contributed by atoms with E-state index in [4.69, 9.17) is 4.74 Å². The number of unbranched alkanes of at least 4 members (excludes halogenated alkanes) is 1. The molecule has 8 nitrogen and oxygen atoms in total. The van der Waals surface area contributed by atoms with Crippen molar-refractivity contribution in [3.05, 3.63) is 23.8 Å². The molecule has 0 bridgehead atoms. The standard InChI is InChI=1S/C20H26F2N4O4/c1-2-3-10-30-20(29)26-8-6-25(7-9-26)17-12-13(21)16(11-14(17)22)23-15-4-5-18(27)24-19(15)28/h11-12,15,23H,2-10H2,1H3,(H,24,27,28). The van der Waals surface area contributed by atoms with Crippen molar-refractivity contribution in [1.29, 1.82) is 0 Å². The van der Waals surface area contributed by atoms with Crippen LogP contribution in [-0.4, -0.2) is 61.6 Å². The molecule has 0 saturated carbocycles. The van der Waals surface area contributed by atoms with E-state index in [0.717, 1.165) is 25.0 Å². The van der Waals surface area contributed by atoms with Crippen molar-refractivity contribution < 1.29 is 27.9 Å². The minimum absolute atomic E-state index is 0.0975. The van der Waals surface area contributed by atoms with Crippen LogP contribution in [0.15, 0.2) is 12.1 Å². The molecule has 2 fully saturated rings. The van der Waals surface area contributed by atoms with E-state index in [1.165, 1.54) is 0 Å². The number of halogens is 2. The molecule has 1 aromatic carbocycles. The SMILES string of the molecule is CCCCOC(=O)N1CCN(c2cc(F)c(NC3CCC(=O)NC3=O)cc2F)CC1. The summed E-state index contributed by atoms with van der Waals surface area (Å²) in [5.41, 5.74) is -0.0378. The van der Waals surface area contributed by atoms with Gasteiger partial charge in [0.1, 0.15) is 17.7 Å². The number of carbonyl (C=O) groups is 3. The van der Waals surface area contributed by atoms with Gasteiger partial charge in [-0.25, -0.2) is 13.6 Å². The Morgan fingerprint density at radius 3 is 2.60 bits per heavy atom. The van der Waals surface area contributed by atoms with Crippen LogP contribution >= 0.6 is 0 Å². The van der Waals surface area contributed by atoms with Crippen LogP contribution in [-0.2, 0) is 14.3 Å². The number of rotatable bonds is 6. The van der Waals surface area contributed by atoms with Gasteiger partial charge in [-0.2, -0.15) is 0 Å². The van der Waals surface area contributed by atoms with Gasteiger partial charge in [-0.05, 0) is 12.8 Å². The molecule has 1 atom stereocenters. The number of carbonyl (C=O) groups excluding carboxylic acids is 3. The first kappa shape index (κ1) is 21.8. The maximum absolute atomic E-state index is 14.7. The van der Waals surface area contributed by atoms with Gasteiger partial charge in [0.25, 0.3) is 0 Å². The predicted molar refractivity (Wildman–Crippen MR) is 106 cm³/mol. The highest BCUT2D eigenvalue weighted by Crippen LogP contribution is 2.28. The van der Waals surface area contributed by atoms with Crippen LogP contribution in [0.3, 0.4) is 0 Å². The number of benzene rings is 1. The Balaban J connectivity index is 1.60.